The van der Waals surface area contributed by atoms with E-state index >= 15 is 0 Å². The minimum absolute atomic E-state index is 0.495. The summed E-state index contributed by atoms with van der Waals surface area (Å²) in [6.07, 6.45) is 3.25. The van der Waals surface area contributed by atoms with E-state index in [1.165, 1.54) is 0 Å². The third-order valence-electron chi connectivity index (χ3n) is 2.05. The summed E-state index contributed by atoms with van der Waals surface area (Å²) in [6, 6.07) is 0. The lowest BCUT2D eigenvalue weighted by Gasteiger charge is -2.21. The number of halogens is 1. The van der Waals surface area contributed by atoms with Crippen LogP contribution in [0.4, 0.5) is 5.82 Å². The first-order valence-corrected chi connectivity index (χ1v) is 5.51. The highest BCUT2D eigenvalue weighted by Gasteiger charge is 2.08. The molecule has 5 nitrogen and oxygen atoms in total. The van der Waals surface area contributed by atoms with Crippen LogP contribution in [0.1, 0.15) is 0 Å². The molecule has 1 aromatic rings. The largest absolute Gasteiger partial charge is 0.480 e. The second-order valence-electron chi connectivity index (χ2n) is 3.09. The Morgan fingerprint density at radius 2 is 2.12 bits per heavy atom. The molecule has 0 saturated heterocycles. The van der Waals surface area contributed by atoms with Gasteiger partial charge in [0.15, 0.2) is 5.82 Å². The number of hydrogen-bond donors (Lipinski definition) is 0. The molecule has 0 amide bonds. The summed E-state index contributed by atoms with van der Waals surface area (Å²) in [5.74, 6) is 1.77. The molecule has 0 saturated carbocycles. The minimum atomic E-state index is 0.495. The normalized spacial score (nSPS) is 10.2. The van der Waals surface area contributed by atoms with E-state index in [1.807, 2.05) is 4.90 Å². The van der Waals surface area contributed by atoms with Crippen molar-refractivity contribution in [2.45, 2.75) is 0 Å². The highest BCUT2D eigenvalue weighted by molar-refractivity contribution is 6.18. The summed E-state index contributed by atoms with van der Waals surface area (Å²) in [7, 11) is 3.23. The SMILES string of the molecule is COCCN(CCCl)c1cncc(OC)n1. The molecule has 0 aliphatic carbocycles. The van der Waals surface area contributed by atoms with Crippen LogP contribution in [0.2, 0.25) is 0 Å². The Morgan fingerprint density at radius 1 is 1.31 bits per heavy atom. The number of alkyl halides is 1. The van der Waals surface area contributed by atoms with Crippen molar-refractivity contribution in [2.75, 3.05) is 44.7 Å². The van der Waals surface area contributed by atoms with Crippen LogP contribution in [0.5, 0.6) is 5.88 Å². The number of ether oxygens (including phenoxy) is 2. The van der Waals surface area contributed by atoms with E-state index < -0.39 is 0 Å². The van der Waals surface area contributed by atoms with Crippen LogP contribution in [0, 0.1) is 0 Å². The van der Waals surface area contributed by atoms with Crippen molar-refractivity contribution in [1.82, 2.24) is 9.97 Å². The smallest absolute Gasteiger partial charge is 0.233 e. The third-order valence-corrected chi connectivity index (χ3v) is 2.22. The van der Waals surface area contributed by atoms with Crippen LogP contribution in [0.25, 0.3) is 0 Å². The van der Waals surface area contributed by atoms with Crippen molar-refractivity contribution in [1.29, 1.82) is 0 Å². The van der Waals surface area contributed by atoms with Gasteiger partial charge in [-0.1, -0.05) is 0 Å². The van der Waals surface area contributed by atoms with E-state index in [9.17, 15) is 0 Å². The maximum atomic E-state index is 5.74. The molecule has 1 aromatic heterocycles. The van der Waals surface area contributed by atoms with Gasteiger partial charge in [-0.3, -0.25) is 4.98 Å². The molecular formula is C10H16ClN3O2. The lowest BCUT2D eigenvalue weighted by molar-refractivity contribution is 0.205. The van der Waals surface area contributed by atoms with Crippen LogP contribution in [-0.2, 0) is 4.74 Å². The Bertz CT molecular complexity index is 312. The molecule has 0 N–H and O–H groups in total. The fraction of sp³-hybridized carbons (Fsp3) is 0.600. The number of methoxy groups -OCH3 is 2. The van der Waals surface area contributed by atoms with Gasteiger partial charge >= 0.3 is 0 Å². The second kappa shape index (κ2) is 7.24. The van der Waals surface area contributed by atoms with E-state index in [-0.39, 0.29) is 0 Å². The van der Waals surface area contributed by atoms with Crippen LogP contribution in [0.3, 0.4) is 0 Å². The zero-order valence-corrected chi connectivity index (χ0v) is 10.3. The summed E-state index contributed by atoms with van der Waals surface area (Å²) in [5.41, 5.74) is 0. The molecule has 1 heterocycles. The summed E-state index contributed by atoms with van der Waals surface area (Å²) in [5, 5.41) is 0. The van der Waals surface area contributed by atoms with Crippen molar-refractivity contribution < 1.29 is 9.47 Å². The highest BCUT2D eigenvalue weighted by atomic mass is 35.5. The molecule has 0 radical (unpaired) electrons. The average molecular weight is 246 g/mol. The third kappa shape index (κ3) is 3.83. The van der Waals surface area contributed by atoms with Crippen molar-refractivity contribution in [3.63, 3.8) is 0 Å². The summed E-state index contributed by atoms with van der Waals surface area (Å²) >= 11 is 5.74. The number of rotatable bonds is 7. The van der Waals surface area contributed by atoms with Gasteiger partial charge in [0.2, 0.25) is 5.88 Å². The van der Waals surface area contributed by atoms with Crippen molar-refractivity contribution >= 4 is 17.4 Å². The van der Waals surface area contributed by atoms with Crippen LogP contribution < -0.4 is 9.64 Å². The molecule has 0 aromatic carbocycles. The first kappa shape index (κ1) is 13.0. The summed E-state index contributed by atoms with van der Waals surface area (Å²) < 4.78 is 10.1. The van der Waals surface area contributed by atoms with Gasteiger partial charge in [-0.15, -0.1) is 11.6 Å². The van der Waals surface area contributed by atoms with Gasteiger partial charge in [0.1, 0.15) is 0 Å². The number of aromatic nitrogens is 2. The van der Waals surface area contributed by atoms with E-state index in [0.29, 0.717) is 24.9 Å². The maximum absolute atomic E-state index is 5.74. The monoisotopic (exact) mass is 245 g/mol. The van der Waals surface area contributed by atoms with E-state index in [4.69, 9.17) is 21.1 Å². The fourth-order valence-corrected chi connectivity index (χ4v) is 1.44. The Kier molecular flexibility index (Phi) is 5.88. The van der Waals surface area contributed by atoms with Crippen LogP contribution in [-0.4, -0.2) is 49.8 Å². The molecule has 16 heavy (non-hydrogen) atoms. The first-order chi connectivity index (χ1) is 7.81. The van der Waals surface area contributed by atoms with E-state index in [1.54, 1.807) is 26.6 Å². The molecule has 1 rings (SSSR count). The molecule has 0 fully saturated rings. The molecular weight excluding hydrogens is 230 g/mol. The molecule has 0 atom stereocenters. The summed E-state index contributed by atoms with van der Waals surface area (Å²) in [4.78, 5) is 10.3. The molecule has 6 heteroatoms. The molecule has 0 bridgehead atoms. The number of nitrogens with zero attached hydrogens (tertiary/aromatic N) is 3. The number of anilines is 1. The second-order valence-corrected chi connectivity index (χ2v) is 3.47. The Hall–Kier alpha value is -1.07. The molecule has 90 valence electrons. The molecule has 0 aliphatic heterocycles. The van der Waals surface area contributed by atoms with Gasteiger partial charge < -0.3 is 14.4 Å². The van der Waals surface area contributed by atoms with Gasteiger partial charge in [0, 0.05) is 26.1 Å². The Balaban J connectivity index is 2.73. The first-order valence-electron chi connectivity index (χ1n) is 4.97. The van der Waals surface area contributed by atoms with Crippen LogP contribution in [0.15, 0.2) is 12.4 Å². The van der Waals surface area contributed by atoms with Crippen LogP contribution >= 0.6 is 11.6 Å². The van der Waals surface area contributed by atoms with Gasteiger partial charge in [-0.2, -0.15) is 4.98 Å². The lowest BCUT2D eigenvalue weighted by atomic mass is 10.4. The number of hydrogen-bond acceptors (Lipinski definition) is 5. The topological polar surface area (TPSA) is 47.5 Å². The zero-order chi connectivity index (χ0) is 11.8. The van der Waals surface area contributed by atoms with Crippen molar-refractivity contribution in [3.8, 4) is 5.88 Å². The van der Waals surface area contributed by atoms with Gasteiger partial charge in [0.25, 0.3) is 0 Å². The maximum Gasteiger partial charge on any atom is 0.233 e. The van der Waals surface area contributed by atoms with Gasteiger partial charge in [0.05, 0.1) is 26.1 Å². The minimum Gasteiger partial charge on any atom is -0.480 e. The standard InChI is InChI=1S/C10H16ClN3O2/c1-15-6-5-14(4-3-11)9-7-12-8-10(13-9)16-2/h7-8H,3-6H2,1-2H3. The van der Waals surface area contributed by atoms with Crippen molar-refractivity contribution in [3.05, 3.63) is 12.4 Å². The Labute approximate surface area is 100 Å². The Morgan fingerprint density at radius 3 is 2.75 bits per heavy atom. The van der Waals surface area contributed by atoms with Crippen molar-refractivity contribution in [2.24, 2.45) is 0 Å². The average Bonchev–Trinajstić information content (AvgIpc) is 2.34. The molecule has 0 aliphatic rings. The van der Waals surface area contributed by atoms with E-state index in [0.717, 1.165) is 12.4 Å². The predicted molar refractivity (Wildman–Crippen MR) is 63.4 cm³/mol. The van der Waals surface area contributed by atoms with Gasteiger partial charge in [-0.25, -0.2) is 0 Å². The highest BCUT2D eigenvalue weighted by Crippen LogP contribution is 2.13. The van der Waals surface area contributed by atoms with Gasteiger partial charge in [-0.05, 0) is 0 Å². The lowest BCUT2D eigenvalue weighted by Crippen LogP contribution is -2.30. The zero-order valence-electron chi connectivity index (χ0n) is 9.52. The fourth-order valence-electron chi connectivity index (χ4n) is 1.23. The predicted octanol–water partition coefficient (Wildman–Crippen LogP) is 1.18. The summed E-state index contributed by atoms with van der Waals surface area (Å²) in [6.45, 7) is 2.05. The van der Waals surface area contributed by atoms with E-state index in [2.05, 4.69) is 9.97 Å². The quantitative estimate of drug-likeness (QED) is 0.675. The molecule has 0 unspecified atom stereocenters. The molecule has 0 spiro atoms.